The zero-order valence-corrected chi connectivity index (χ0v) is 7.48. The van der Waals surface area contributed by atoms with Crippen LogP contribution in [0.15, 0.2) is 10.3 Å². The van der Waals surface area contributed by atoms with Crippen LogP contribution in [-0.4, -0.2) is 21.8 Å². The predicted octanol–water partition coefficient (Wildman–Crippen LogP) is 1.86. The van der Waals surface area contributed by atoms with Gasteiger partial charge in [-0.05, 0) is 32.1 Å². The third kappa shape index (κ3) is 1.41. The van der Waals surface area contributed by atoms with Crippen LogP contribution in [-0.2, 0) is 0 Å². The minimum absolute atomic E-state index is 0.425. The Labute approximate surface area is 76.9 Å². The van der Waals surface area contributed by atoms with Gasteiger partial charge >= 0.3 is 0 Å². The first-order valence-electron chi connectivity index (χ1n) is 4.76. The number of fused-ring (bicyclic) bond motifs is 2. The van der Waals surface area contributed by atoms with Gasteiger partial charge in [0.05, 0.1) is 11.4 Å². The Morgan fingerprint density at radius 1 is 0.923 bits per heavy atom. The van der Waals surface area contributed by atoms with Crippen molar-refractivity contribution in [2.45, 2.75) is 32.1 Å². The predicted molar refractivity (Wildman–Crippen MR) is 48.5 cm³/mol. The number of nitrogens with zero attached hydrogens (tertiary/aromatic N) is 2. The first-order valence-corrected chi connectivity index (χ1v) is 4.76. The fourth-order valence-electron chi connectivity index (χ4n) is 2.50. The van der Waals surface area contributed by atoms with Crippen molar-refractivity contribution in [3.63, 3.8) is 0 Å². The van der Waals surface area contributed by atoms with Crippen LogP contribution in [0, 0.1) is 11.8 Å². The summed E-state index contributed by atoms with van der Waals surface area (Å²) in [7, 11) is 0. The van der Waals surface area contributed by atoms with Crippen LogP contribution < -0.4 is 0 Å². The topological polar surface area (TPSA) is 65.2 Å². The molecule has 0 aromatic heterocycles. The molecule has 4 nitrogen and oxygen atoms in total. The molecule has 2 aliphatic rings. The minimum Gasteiger partial charge on any atom is -0.411 e. The molecule has 72 valence electrons. The van der Waals surface area contributed by atoms with Gasteiger partial charge in [0.15, 0.2) is 0 Å². The van der Waals surface area contributed by atoms with Gasteiger partial charge in [-0.15, -0.1) is 0 Å². The van der Waals surface area contributed by atoms with Crippen molar-refractivity contribution in [1.82, 2.24) is 0 Å². The Kier molecular flexibility index (Phi) is 2.20. The first-order chi connectivity index (χ1) is 6.35. The molecule has 2 atom stereocenters. The molecule has 2 saturated carbocycles. The maximum absolute atomic E-state index is 8.73. The zero-order valence-electron chi connectivity index (χ0n) is 7.48. The molecule has 2 bridgehead atoms. The van der Waals surface area contributed by atoms with Crippen molar-refractivity contribution in [2.75, 3.05) is 0 Å². The van der Waals surface area contributed by atoms with Gasteiger partial charge in [0, 0.05) is 11.8 Å². The van der Waals surface area contributed by atoms with Crippen LogP contribution in [0.4, 0.5) is 0 Å². The molecular weight excluding hydrogens is 168 g/mol. The molecule has 2 fully saturated rings. The molecule has 0 aliphatic heterocycles. The lowest BCUT2D eigenvalue weighted by molar-refractivity contribution is 0.288. The quantitative estimate of drug-likeness (QED) is 0.443. The molecule has 2 aliphatic carbocycles. The van der Waals surface area contributed by atoms with Gasteiger partial charge in [0.2, 0.25) is 0 Å². The maximum Gasteiger partial charge on any atom is 0.0602 e. The van der Waals surface area contributed by atoms with Gasteiger partial charge in [-0.3, -0.25) is 0 Å². The fourth-order valence-corrected chi connectivity index (χ4v) is 2.50. The zero-order chi connectivity index (χ0) is 9.26. The number of hydrogen-bond acceptors (Lipinski definition) is 4. The molecule has 0 aromatic rings. The Morgan fingerprint density at radius 2 is 1.38 bits per heavy atom. The average Bonchev–Trinajstić information content (AvgIpc) is 2.19. The van der Waals surface area contributed by atoms with Crippen molar-refractivity contribution in [1.29, 1.82) is 0 Å². The molecule has 2 N–H and O–H groups in total. The second-order valence-corrected chi connectivity index (χ2v) is 3.89. The summed E-state index contributed by atoms with van der Waals surface area (Å²) in [6.45, 7) is 0. The van der Waals surface area contributed by atoms with E-state index >= 15 is 0 Å². The number of oxime groups is 2. The van der Waals surface area contributed by atoms with Crippen LogP contribution >= 0.6 is 0 Å². The van der Waals surface area contributed by atoms with E-state index in [0.29, 0.717) is 11.8 Å². The largest absolute Gasteiger partial charge is 0.411 e. The van der Waals surface area contributed by atoms with Gasteiger partial charge in [0.1, 0.15) is 0 Å². The first kappa shape index (κ1) is 8.53. The lowest BCUT2D eigenvalue weighted by atomic mass is 9.70. The molecule has 0 aromatic carbocycles. The summed E-state index contributed by atoms with van der Waals surface area (Å²) < 4.78 is 0. The summed E-state index contributed by atoms with van der Waals surface area (Å²) in [5.74, 6) is 0.850. The third-order valence-electron chi connectivity index (χ3n) is 3.27. The highest BCUT2D eigenvalue weighted by Crippen LogP contribution is 2.36. The summed E-state index contributed by atoms with van der Waals surface area (Å²) in [6.07, 6.45) is 4.64. The highest BCUT2D eigenvalue weighted by Gasteiger charge is 2.34. The highest BCUT2D eigenvalue weighted by molar-refractivity contribution is 5.94. The van der Waals surface area contributed by atoms with E-state index in [4.69, 9.17) is 10.4 Å². The average molecular weight is 182 g/mol. The summed E-state index contributed by atoms with van der Waals surface area (Å²) >= 11 is 0. The van der Waals surface area contributed by atoms with E-state index in [9.17, 15) is 0 Å². The van der Waals surface area contributed by atoms with Crippen LogP contribution in [0.5, 0.6) is 0 Å². The number of rotatable bonds is 0. The Balaban J connectivity index is 2.13. The SMILES string of the molecule is O/N=C1/CC[C@@H]2C[C@H]1CC/C2=N/O. The number of hydrogen-bond donors (Lipinski definition) is 2. The summed E-state index contributed by atoms with van der Waals surface area (Å²) in [5.41, 5.74) is 1.88. The molecule has 4 heteroatoms. The molecule has 13 heavy (non-hydrogen) atoms. The van der Waals surface area contributed by atoms with E-state index in [1.54, 1.807) is 0 Å². The third-order valence-corrected chi connectivity index (χ3v) is 3.27. The summed E-state index contributed by atoms with van der Waals surface area (Å²) in [4.78, 5) is 0. The van der Waals surface area contributed by atoms with Crippen LogP contribution in [0.3, 0.4) is 0 Å². The molecule has 0 unspecified atom stereocenters. The van der Waals surface area contributed by atoms with E-state index in [-0.39, 0.29) is 0 Å². The Hall–Kier alpha value is -1.06. The molecule has 2 rings (SSSR count). The standard InChI is InChI=1S/C9H14N2O2/c12-10-8-3-1-6-5-7(8)2-4-9(6)11-13/h6-7,12-13H,1-5H2/b10-8-,11-9-/t6-,7-/m1/s1. The monoisotopic (exact) mass is 182 g/mol. The van der Waals surface area contributed by atoms with Crippen molar-refractivity contribution in [3.05, 3.63) is 0 Å². The smallest absolute Gasteiger partial charge is 0.0602 e. The van der Waals surface area contributed by atoms with Crippen molar-refractivity contribution in [3.8, 4) is 0 Å². The van der Waals surface area contributed by atoms with Crippen LogP contribution in [0.25, 0.3) is 0 Å². The Morgan fingerprint density at radius 3 is 1.77 bits per heavy atom. The molecular formula is C9H14N2O2. The summed E-state index contributed by atoms with van der Waals surface area (Å²) in [6, 6.07) is 0. The minimum atomic E-state index is 0.425. The Bertz CT molecular complexity index is 234. The molecule has 0 heterocycles. The second kappa shape index (κ2) is 3.36. The molecule has 0 saturated heterocycles. The van der Waals surface area contributed by atoms with Crippen molar-refractivity contribution in [2.24, 2.45) is 22.1 Å². The second-order valence-electron chi connectivity index (χ2n) is 3.89. The highest BCUT2D eigenvalue weighted by atomic mass is 16.4. The van der Waals surface area contributed by atoms with E-state index < -0.39 is 0 Å². The van der Waals surface area contributed by atoms with E-state index in [2.05, 4.69) is 10.3 Å². The molecule has 0 amide bonds. The van der Waals surface area contributed by atoms with Gasteiger partial charge in [-0.1, -0.05) is 10.3 Å². The van der Waals surface area contributed by atoms with Gasteiger partial charge in [-0.2, -0.15) is 0 Å². The van der Waals surface area contributed by atoms with Crippen LogP contribution in [0.1, 0.15) is 32.1 Å². The van der Waals surface area contributed by atoms with Gasteiger partial charge in [-0.25, -0.2) is 0 Å². The van der Waals surface area contributed by atoms with Crippen LogP contribution in [0.2, 0.25) is 0 Å². The van der Waals surface area contributed by atoms with E-state index in [0.717, 1.165) is 43.5 Å². The lowest BCUT2D eigenvalue weighted by Crippen LogP contribution is -2.34. The lowest BCUT2D eigenvalue weighted by Gasteiger charge is -2.34. The molecule has 0 radical (unpaired) electrons. The van der Waals surface area contributed by atoms with E-state index in [1.165, 1.54) is 0 Å². The van der Waals surface area contributed by atoms with Crippen molar-refractivity contribution >= 4 is 11.4 Å². The fraction of sp³-hybridized carbons (Fsp3) is 0.778. The molecule has 0 spiro atoms. The normalized spacial score (nSPS) is 39.7. The van der Waals surface area contributed by atoms with Gasteiger partial charge in [0.25, 0.3) is 0 Å². The van der Waals surface area contributed by atoms with Crippen molar-refractivity contribution < 1.29 is 10.4 Å². The van der Waals surface area contributed by atoms with E-state index in [1.807, 2.05) is 0 Å². The van der Waals surface area contributed by atoms with Gasteiger partial charge < -0.3 is 10.4 Å². The summed E-state index contributed by atoms with van der Waals surface area (Å²) in [5, 5.41) is 24.1. The maximum atomic E-state index is 8.73.